The van der Waals surface area contributed by atoms with Crippen molar-refractivity contribution < 1.29 is 18.0 Å². The zero-order valence-corrected chi connectivity index (χ0v) is 20.9. The van der Waals surface area contributed by atoms with Crippen LogP contribution < -0.4 is 9.62 Å². The van der Waals surface area contributed by atoms with Crippen LogP contribution in [0.15, 0.2) is 54.6 Å². The summed E-state index contributed by atoms with van der Waals surface area (Å²) in [4.78, 5) is 27.7. The molecular weight excluding hydrogens is 438 g/mol. The highest BCUT2D eigenvalue weighted by atomic mass is 32.2. The monoisotopic (exact) mass is 473 g/mol. The molecule has 2 rings (SSSR count). The summed E-state index contributed by atoms with van der Waals surface area (Å²) in [5.74, 6) is -0.386. The molecule has 0 aromatic heterocycles. The van der Waals surface area contributed by atoms with Crippen molar-refractivity contribution in [3.8, 4) is 0 Å². The summed E-state index contributed by atoms with van der Waals surface area (Å²) < 4.78 is 26.3. The normalized spacial score (nSPS) is 12.3. The first-order valence-electron chi connectivity index (χ1n) is 11.3. The van der Waals surface area contributed by atoms with E-state index < -0.39 is 22.0 Å². The predicted molar refractivity (Wildman–Crippen MR) is 132 cm³/mol. The maximum atomic E-state index is 13.5. The van der Waals surface area contributed by atoms with Gasteiger partial charge < -0.3 is 10.2 Å². The quantitative estimate of drug-likeness (QED) is 0.541. The fourth-order valence-electron chi connectivity index (χ4n) is 3.63. The van der Waals surface area contributed by atoms with Gasteiger partial charge in [0, 0.05) is 13.1 Å². The van der Waals surface area contributed by atoms with Gasteiger partial charge in [0.05, 0.1) is 11.9 Å². The number of carbonyl (C=O) groups excluding carboxylic acids is 2. The van der Waals surface area contributed by atoms with Crippen LogP contribution in [0, 0.1) is 0 Å². The van der Waals surface area contributed by atoms with Gasteiger partial charge >= 0.3 is 0 Å². The first kappa shape index (κ1) is 26.4. The second-order valence-corrected chi connectivity index (χ2v) is 10.2. The number of hydrogen-bond donors (Lipinski definition) is 1. The van der Waals surface area contributed by atoms with Gasteiger partial charge in [-0.15, -0.1) is 0 Å². The predicted octanol–water partition coefficient (Wildman–Crippen LogP) is 3.52. The number of nitrogens with one attached hydrogen (secondary N) is 1. The van der Waals surface area contributed by atoms with Crippen molar-refractivity contribution >= 4 is 27.5 Å². The van der Waals surface area contributed by atoms with Crippen LogP contribution in [0.25, 0.3) is 0 Å². The van der Waals surface area contributed by atoms with E-state index >= 15 is 0 Å². The molecule has 0 bridgehead atoms. The first-order valence-corrected chi connectivity index (χ1v) is 13.1. The topological polar surface area (TPSA) is 86.8 Å². The van der Waals surface area contributed by atoms with Crippen LogP contribution in [-0.2, 0) is 26.2 Å². The van der Waals surface area contributed by atoms with Gasteiger partial charge in [0.1, 0.15) is 12.6 Å². The Labute approximate surface area is 197 Å². The molecule has 0 aliphatic rings. The highest BCUT2D eigenvalue weighted by molar-refractivity contribution is 7.92. The second kappa shape index (κ2) is 11.8. The molecule has 0 saturated heterocycles. The number of hydrogen-bond acceptors (Lipinski definition) is 4. The van der Waals surface area contributed by atoms with Crippen LogP contribution in [0.1, 0.15) is 51.2 Å². The Kier molecular flexibility index (Phi) is 9.46. The minimum absolute atomic E-state index is 0.208. The third-order valence-electron chi connectivity index (χ3n) is 5.46. The van der Waals surface area contributed by atoms with Crippen LogP contribution in [0.4, 0.5) is 5.69 Å². The summed E-state index contributed by atoms with van der Waals surface area (Å²) in [6.07, 6.45) is 1.49. The molecule has 0 aliphatic carbocycles. The maximum Gasteiger partial charge on any atom is 0.244 e. The molecule has 0 aliphatic heterocycles. The second-order valence-electron chi connectivity index (χ2n) is 8.34. The van der Waals surface area contributed by atoms with Crippen LogP contribution in [0.3, 0.4) is 0 Å². The molecule has 0 unspecified atom stereocenters. The molecule has 0 heterocycles. The van der Waals surface area contributed by atoms with Crippen LogP contribution in [0.5, 0.6) is 0 Å². The Hall–Kier alpha value is -2.87. The molecule has 0 spiro atoms. The van der Waals surface area contributed by atoms with Gasteiger partial charge in [-0.05, 0) is 42.5 Å². The highest BCUT2D eigenvalue weighted by Crippen LogP contribution is 2.23. The van der Waals surface area contributed by atoms with Crippen LogP contribution in [-0.4, -0.2) is 50.5 Å². The maximum absolute atomic E-state index is 13.5. The summed E-state index contributed by atoms with van der Waals surface area (Å²) in [6, 6.07) is 15.8. The van der Waals surface area contributed by atoms with E-state index in [9.17, 15) is 18.0 Å². The molecule has 8 heteroatoms. The number of likely N-dealkylation sites (N-methyl/N-ethyl adjacent to an activating group) is 1. The van der Waals surface area contributed by atoms with Gasteiger partial charge in [-0.3, -0.25) is 13.9 Å². The van der Waals surface area contributed by atoms with Crippen molar-refractivity contribution in [2.45, 2.75) is 52.6 Å². The molecular formula is C25H35N3O4S. The third-order valence-corrected chi connectivity index (χ3v) is 6.60. The standard InChI is InChI=1S/C25H35N3O4S/c1-6-23(25(30)26-7-2)27(17-20-11-9-8-10-12-20)24(29)18-28(33(5,31)32)22-15-13-21(14-16-22)19(3)4/h8-16,19,23H,6-7,17-18H2,1-5H3,(H,26,30)/t23-/m1/s1. The number of nitrogens with zero attached hydrogens (tertiary/aromatic N) is 2. The molecule has 33 heavy (non-hydrogen) atoms. The zero-order chi connectivity index (χ0) is 24.6. The summed E-state index contributed by atoms with van der Waals surface area (Å²) >= 11 is 0. The number of sulfonamides is 1. The van der Waals surface area contributed by atoms with Crippen molar-refractivity contribution in [3.05, 3.63) is 65.7 Å². The zero-order valence-electron chi connectivity index (χ0n) is 20.1. The molecule has 1 N–H and O–H groups in total. The SMILES string of the molecule is CCNC(=O)[C@@H](CC)N(Cc1ccccc1)C(=O)CN(c1ccc(C(C)C)cc1)S(C)(=O)=O. The third kappa shape index (κ3) is 7.32. The van der Waals surface area contributed by atoms with E-state index in [-0.39, 0.29) is 19.0 Å². The Balaban J connectivity index is 2.39. The summed E-state index contributed by atoms with van der Waals surface area (Å²) in [5, 5.41) is 2.79. The molecule has 2 amide bonds. The molecule has 0 fully saturated rings. The van der Waals surface area contributed by atoms with Gasteiger partial charge in [-0.1, -0.05) is 63.2 Å². The van der Waals surface area contributed by atoms with E-state index in [1.54, 1.807) is 12.1 Å². The van der Waals surface area contributed by atoms with E-state index in [1.165, 1.54) is 4.90 Å². The Bertz CT molecular complexity index is 1020. The summed E-state index contributed by atoms with van der Waals surface area (Å²) in [6.45, 7) is 8.04. The van der Waals surface area contributed by atoms with Crippen molar-refractivity contribution in [1.82, 2.24) is 10.2 Å². The minimum atomic E-state index is -3.73. The van der Waals surface area contributed by atoms with Crippen molar-refractivity contribution in [2.24, 2.45) is 0 Å². The van der Waals surface area contributed by atoms with Gasteiger partial charge in [0.25, 0.3) is 0 Å². The average Bonchev–Trinajstić information content (AvgIpc) is 2.77. The molecule has 0 radical (unpaired) electrons. The Morgan fingerprint density at radius 3 is 2.06 bits per heavy atom. The first-order chi connectivity index (χ1) is 15.6. The van der Waals surface area contributed by atoms with Crippen LogP contribution >= 0.6 is 0 Å². The molecule has 1 atom stereocenters. The van der Waals surface area contributed by atoms with E-state index in [1.807, 2.05) is 56.3 Å². The van der Waals surface area contributed by atoms with E-state index in [0.29, 0.717) is 24.6 Å². The number of rotatable bonds is 11. The Morgan fingerprint density at radius 2 is 1.58 bits per heavy atom. The van der Waals surface area contributed by atoms with Crippen molar-refractivity contribution in [2.75, 3.05) is 23.7 Å². The number of carbonyl (C=O) groups is 2. The van der Waals surface area contributed by atoms with Gasteiger partial charge in [0.15, 0.2) is 0 Å². The largest absolute Gasteiger partial charge is 0.355 e. The van der Waals surface area contributed by atoms with Crippen molar-refractivity contribution in [3.63, 3.8) is 0 Å². The van der Waals surface area contributed by atoms with Crippen molar-refractivity contribution in [1.29, 1.82) is 0 Å². The molecule has 180 valence electrons. The smallest absolute Gasteiger partial charge is 0.244 e. The number of benzene rings is 2. The average molecular weight is 474 g/mol. The lowest BCUT2D eigenvalue weighted by atomic mass is 10.0. The fourth-order valence-corrected chi connectivity index (χ4v) is 4.48. The number of anilines is 1. The van der Waals surface area contributed by atoms with Gasteiger partial charge in [-0.2, -0.15) is 0 Å². The lowest BCUT2D eigenvalue weighted by Crippen LogP contribution is -2.52. The number of amides is 2. The van der Waals surface area contributed by atoms with E-state index in [0.717, 1.165) is 21.7 Å². The van der Waals surface area contributed by atoms with Gasteiger partial charge in [-0.25, -0.2) is 8.42 Å². The summed E-state index contributed by atoms with van der Waals surface area (Å²) in [7, 11) is -3.73. The molecule has 0 saturated carbocycles. The summed E-state index contributed by atoms with van der Waals surface area (Å²) in [5.41, 5.74) is 2.35. The molecule has 7 nitrogen and oxygen atoms in total. The molecule has 2 aromatic rings. The van der Waals surface area contributed by atoms with E-state index in [4.69, 9.17) is 0 Å². The fraction of sp³-hybridized carbons (Fsp3) is 0.440. The highest BCUT2D eigenvalue weighted by Gasteiger charge is 2.31. The lowest BCUT2D eigenvalue weighted by Gasteiger charge is -2.32. The Morgan fingerprint density at radius 1 is 0.970 bits per heavy atom. The lowest BCUT2D eigenvalue weighted by molar-refractivity contribution is -0.140. The van der Waals surface area contributed by atoms with Crippen LogP contribution in [0.2, 0.25) is 0 Å². The molecule has 2 aromatic carbocycles. The van der Waals surface area contributed by atoms with E-state index in [2.05, 4.69) is 19.2 Å². The van der Waals surface area contributed by atoms with Gasteiger partial charge in [0.2, 0.25) is 21.8 Å². The minimum Gasteiger partial charge on any atom is -0.355 e.